The second-order valence-electron chi connectivity index (χ2n) is 11.4. The SMILES string of the molecule is O=C(O)c1ccc2c(c1)nc(N1CC(OCCCCNCc3cc4cc(OC5CCC5)ccc4[nH]3)C1)c1ccncc12. The molecule has 7 rings (SSSR count). The first-order valence-corrected chi connectivity index (χ1v) is 14.9. The summed E-state index contributed by atoms with van der Waals surface area (Å²) in [7, 11) is 0. The first-order chi connectivity index (χ1) is 20.6. The third kappa shape index (κ3) is 5.49. The molecule has 0 amide bonds. The highest BCUT2D eigenvalue weighted by Crippen LogP contribution is 2.34. The summed E-state index contributed by atoms with van der Waals surface area (Å²) in [6.45, 7) is 4.00. The van der Waals surface area contributed by atoms with Crippen LogP contribution in [0.4, 0.5) is 5.82 Å². The van der Waals surface area contributed by atoms with Crippen molar-refractivity contribution in [1.29, 1.82) is 0 Å². The largest absolute Gasteiger partial charge is 0.490 e. The van der Waals surface area contributed by atoms with E-state index in [1.54, 1.807) is 18.3 Å². The van der Waals surface area contributed by atoms with Gasteiger partial charge in [-0.05, 0) is 81.1 Å². The molecule has 5 aromatic rings. The van der Waals surface area contributed by atoms with Crippen LogP contribution in [-0.2, 0) is 11.3 Å². The van der Waals surface area contributed by atoms with Crippen molar-refractivity contribution >= 4 is 44.4 Å². The Balaban J connectivity index is 0.856. The Bertz CT molecular complexity index is 1740. The van der Waals surface area contributed by atoms with E-state index >= 15 is 0 Å². The van der Waals surface area contributed by atoms with Crippen LogP contribution >= 0.6 is 0 Å². The van der Waals surface area contributed by atoms with Gasteiger partial charge in [0.1, 0.15) is 11.6 Å². The Kier molecular flexibility index (Phi) is 7.36. The zero-order chi connectivity index (χ0) is 28.5. The minimum absolute atomic E-state index is 0.169. The lowest BCUT2D eigenvalue weighted by Gasteiger charge is -2.40. The number of aromatic nitrogens is 3. The van der Waals surface area contributed by atoms with Crippen LogP contribution < -0.4 is 15.0 Å². The van der Waals surface area contributed by atoms with Gasteiger partial charge >= 0.3 is 5.97 Å². The van der Waals surface area contributed by atoms with Crippen molar-refractivity contribution in [2.75, 3.05) is 31.1 Å². The number of unbranched alkanes of at least 4 members (excludes halogenated alkanes) is 1. The lowest BCUT2D eigenvalue weighted by atomic mass is 9.96. The summed E-state index contributed by atoms with van der Waals surface area (Å²) in [5, 5.41) is 17.0. The minimum atomic E-state index is -0.958. The lowest BCUT2D eigenvalue weighted by Crippen LogP contribution is -2.52. The molecule has 3 aromatic heterocycles. The van der Waals surface area contributed by atoms with Gasteiger partial charge < -0.3 is 29.8 Å². The standard InChI is InChI=1S/C33H35N5O4/c39-33(40)21-6-8-27-29-18-35-12-10-28(29)32(37-31(27)16-21)38-19-26(20-38)41-13-2-1-11-34-17-23-14-22-15-25(7-9-30(22)36-23)42-24-4-3-5-24/h6-10,12,14-16,18,24,26,34,36H,1-5,11,13,17,19-20H2,(H,39,40). The molecule has 4 heterocycles. The van der Waals surface area contributed by atoms with Gasteiger partial charge in [0.15, 0.2) is 0 Å². The summed E-state index contributed by atoms with van der Waals surface area (Å²) in [6.07, 6.45) is 9.81. The Hall–Kier alpha value is -4.21. The maximum Gasteiger partial charge on any atom is 0.335 e. The van der Waals surface area contributed by atoms with E-state index in [2.05, 4.69) is 44.5 Å². The molecule has 1 aliphatic carbocycles. The first kappa shape index (κ1) is 26.7. The number of hydrogen-bond acceptors (Lipinski definition) is 7. The number of carboxylic acid groups (broad SMARTS) is 1. The highest BCUT2D eigenvalue weighted by molar-refractivity contribution is 6.11. The average molecular weight is 566 g/mol. The van der Waals surface area contributed by atoms with E-state index in [4.69, 9.17) is 14.5 Å². The average Bonchev–Trinajstić information content (AvgIpc) is 3.37. The molecule has 9 nitrogen and oxygen atoms in total. The van der Waals surface area contributed by atoms with E-state index in [1.807, 2.05) is 18.3 Å². The highest BCUT2D eigenvalue weighted by Gasteiger charge is 2.30. The summed E-state index contributed by atoms with van der Waals surface area (Å²) in [5.41, 5.74) is 3.22. The molecule has 1 saturated carbocycles. The van der Waals surface area contributed by atoms with Crippen molar-refractivity contribution < 1.29 is 19.4 Å². The number of pyridine rings is 2. The highest BCUT2D eigenvalue weighted by atomic mass is 16.5. The summed E-state index contributed by atoms with van der Waals surface area (Å²) >= 11 is 0. The summed E-state index contributed by atoms with van der Waals surface area (Å²) in [4.78, 5) is 26.3. The van der Waals surface area contributed by atoms with Crippen molar-refractivity contribution in [2.24, 2.45) is 0 Å². The summed E-state index contributed by atoms with van der Waals surface area (Å²) < 4.78 is 12.2. The maximum atomic E-state index is 11.5. The second kappa shape index (κ2) is 11.6. The fourth-order valence-electron chi connectivity index (χ4n) is 5.77. The molecule has 0 radical (unpaired) electrons. The van der Waals surface area contributed by atoms with Gasteiger partial charge in [-0.25, -0.2) is 9.78 Å². The normalized spacial score (nSPS) is 15.8. The molecule has 2 aliphatic rings. The Morgan fingerprint density at radius 1 is 1.02 bits per heavy atom. The molecular weight excluding hydrogens is 530 g/mol. The van der Waals surface area contributed by atoms with E-state index in [9.17, 15) is 9.90 Å². The van der Waals surface area contributed by atoms with Gasteiger partial charge in [0.2, 0.25) is 0 Å². The number of benzene rings is 2. The molecule has 1 saturated heterocycles. The number of nitrogens with zero attached hydrogens (tertiary/aromatic N) is 3. The Morgan fingerprint density at radius 3 is 2.76 bits per heavy atom. The van der Waals surface area contributed by atoms with Gasteiger partial charge in [-0.2, -0.15) is 0 Å². The van der Waals surface area contributed by atoms with Crippen molar-refractivity contribution in [3.8, 4) is 5.75 Å². The van der Waals surface area contributed by atoms with Crippen molar-refractivity contribution in [3.05, 3.63) is 72.2 Å². The van der Waals surface area contributed by atoms with E-state index in [0.717, 1.165) is 78.9 Å². The number of aromatic carboxylic acids is 1. The molecule has 42 heavy (non-hydrogen) atoms. The van der Waals surface area contributed by atoms with E-state index in [1.165, 1.54) is 30.3 Å². The number of hydrogen-bond donors (Lipinski definition) is 3. The third-order valence-corrected chi connectivity index (χ3v) is 8.39. The minimum Gasteiger partial charge on any atom is -0.490 e. The number of rotatable bonds is 12. The number of H-pyrrole nitrogens is 1. The van der Waals surface area contributed by atoms with Crippen LogP contribution in [0.1, 0.15) is 48.2 Å². The van der Waals surface area contributed by atoms with Crippen LogP contribution in [0.25, 0.3) is 32.6 Å². The van der Waals surface area contributed by atoms with Gasteiger partial charge in [0, 0.05) is 71.4 Å². The Morgan fingerprint density at radius 2 is 1.93 bits per heavy atom. The van der Waals surface area contributed by atoms with Gasteiger partial charge in [-0.3, -0.25) is 4.98 Å². The fraction of sp³-hybridized carbons (Fsp3) is 0.364. The molecular formula is C33H35N5O4. The number of aromatic amines is 1. The fourth-order valence-corrected chi connectivity index (χ4v) is 5.77. The summed E-state index contributed by atoms with van der Waals surface area (Å²) in [6, 6.07) is 15.6. The Labute approximate surface area is 243 Å². The number of ether oxygens (including phenoxy) is 2. The van der Waals surface area contributed by atoms with Crippen molar-refractivity contribution in [3.63, 3.8) is 0 Å². The van der Waals surface area contributed by atoms with E-state index in [0.29, 0.717) is 11.6 Å². The lowest BCUT2D eigenvalue weighted by molar-refractivity contribution is 0.0321. The van der Waals surface area contributed by atoms with Crippen LogP contribution in [-0.4, -0.2) is 64.5 Å². The molecule has 0 atom stereocenters. The molecule has 3 N–H and O–H groups in total. The molecule has 0 unspecified atom stereocenters. The topological polar surface area (TPSA) is 113 Å². The van der Waals surface area contributed by atoms with Crippen LogP contribution in [0.3, 0.4) is 0 Å². The second-order valence-corrected chi connectivity index (χ2v) is 11.4. The van der Waals surface area contributed by atoms with E-state index in [-0.39, 0.29) is 11.7 Å². The predicted molar refractivity (Wildman–Crippen MR) is 163 cm³/mol. The van der Waals surface area contributed by atoms with Gasteiger partial charge in [0.05, 0.1) is 23.3 Å². The zero-order valence-corrected chi connectivity index (χ0v) is 23.5. The van der Waals surface area contributed by atoms with Gasteiger partial charge in [-0.1, -0.05) is 6.07 Å². The molecule has 216 valence electrons. The molecule has 9 heteroatoms. The maximum absolute atomic E-state index is 11.5. The number of carboxylic acids is 1. The quantitative estimate of drug-likeness (QED) is 0.131. The number of carbonyl (C=O) groups is 1. The third-order valence-electron chi connectivity index (χ3n) is 8.39. The van der Waals surface area contributed by atoms with Crippen LogP contribution in [0, 0.1) is 0 Å². The number of nitrogens with one attached hydrogen (secondary N) is 2. The van der Waals surface area contributed by atoms with Crippen molar-refractivity contribution in [1.82, 2.24) is 20.3 Å². The van der Waals surface area contributed by atoms with Gasteiger partial charge in [0.25, 0.3) is 0 Å². The monoisotopic (exact) mass is 565 g/mol. The molecule has 0 bridgehead atoms. The molecule has 1 aliphatic heterocycles. The summed E-state index contributed by atoms with van der Waals surface area (Å²) in [5.74, 6) is 0.861. The van der Waals surface area contributed by atoms with Crippen LogP contribution in [0.15, 0.2) is 60.9 Å². The smallest absolute Gasteiger partial charge is 0.335 e. The first-order valence-electron chi connectivity index (χ1n) is 14.9. The predicted octanol–water partition coefficient (Wildman–Crippen LogP) is 5.67. The van der Waals surface area contributed by atoms with E-state index < -0.39 is 5.97 Å². The van der Waals surface area contributed by atoms with Gasteiger partial charge in [-0.15, -0.1) is 0 Å². The molecule has 0 spiro atoms. The number of anilines is 1. The molecule has 2 aromatic carbocycles. The van der Waals surface area contributed by atoms with Crippen molar-refractivity contribution in [2.45, 2.75) is 50.9 Å². The van der Waals surface area contributed by atoms with Crippen LogP contribution in [0.5, 0.6) is 5.75 Å². The zero-order valence-electron chi connectivity index (χ0n) is 23.5. The number of fused-ring (bicyclic) bond motifs is 4. The molecule has 2 fully saturated rings. The van der Waals surface area contributed by atoms with Crippen LogP contribution in [0.2, 0.25) is 0 Å².